The van der Waals surface area contributed by atoms with Crippen LogP contribution in [0.4, 0.5) is 5.69 Å². The molecule has 136 valence electrons. The lowest BCUT2D eigenvalue weighted by atomic mass is 10.0. The highest BCUT2D eigenvalue weighted by atomic mass is 16.5. The Bertz CT molecular complexity index is 860. The largest absolute Gasteiger partial charge is 0.489 e. The van der Waals surface area contributed by atoms with E-state index in [4.69, 9.17) is 4.74 Å². The average Bonchev–Trinajstić information content (AvgIpc) is 3.02. The van der Waals surface area contributed by atoms with Gasteiger partial charge in [-0.25, -0.2) is 4.98 Å². The Balaban J connectivity index is 1.54. The summed E-state index contributed by atoms with van der Waals surface area (Å²) < 4.78 is 7.71. The Kier molecular flexibility index (Phi) is 4.14. The number of amides is 2. The van der Waals surface area contributed by atoms with Crippen LogP contribution >= 0.6 is 0 Å². The van der Waals surface area contributed by atoms with Crippen LogP contribution in [0.25, 0.3) is 0 Å². The Hall–Kier alpha value is -2.83. The van der Waals surface area contributed by atoms with Crippen LogP contribution in [0.3, 0.4) is 0 Å². The lowest BCUT2D eigenvalue weighted by Gasteiger charge is -2.23. The van der Waals surface area contributed by atoms with Crippen molar-refractivity contribution in [1.82, 2.24) is 14.9 Å². The summed E-state index contributed by atoms with van der Waals surface area (Å²) in [5.41, 5.74) is 1.77. The number of para-hydroxylation sites is 2. The number of nitrogens with zero attached hydrogens (tertiary/aromatic N) is 3. The normalized spacial score (nSPS) is 22.1. The van der Waals surface area contributed by atoms with Crippen molar-refractivity contribution in [2.75, 3.05) is 18.6 Å². The number of benzene rings is 1. The quantitative estimate of drug-likeness (QED) is 0.889. The van der Waals surface area contributed by atoms with E-state index >= 15 is 0 Å². The van der Waals surface area contributed by atoms with Gasteiger partial charge in [-0.3, -0.25) is 9.59 Å². The van der Waals surface area contributed by atoms with Crippen LogP contribution < -0.4 is 15.0 Å². The van der Waals surface area contributed by atoms with Gasteiger partial charge in [0.15, 0.2) is 5.82 Å². The van der Waals surface area contributed by atoms with Gasteiger partial charge in [0, 0.05) is 25.5 Å². The van der Waals surface area contributed by atoms with Gasteiger partial charge >= 0.3 is 0 Å². The topological polar surface area (TPSA) is 76.5 Å². The number of nitrogens with one attached hydrogen (secondary N) is 1. The number of aromatic nitrogens is 2. The summed E-state index contributed by atoms with van der Waals surface area (Å²) in [6, 6.07) is 6.59. The van der Waals surface area contributed by atoms with Crippen LogP contribution in [0.5, 0.6) is 5.75 Å². The van der Waals surface area contributed by atoms with Gasteiger partial charge in [-0.1, -0.05) is 19.1 Å². The Morgan fingerprint density at radius 3 is 3.00 bits per heavy atom. The minimum Gasteiger partial charge on any atom is -0.489 e. The van der Waals surface area contributed by atoms with E-state index in [1.807, 2.05) is 28.8 Å². The highest BCUT2D eigenvalue weighted by molar-refractivity contribution is 6.02. The van der Waals surface area contributed by atoms with Crippen molar-refractivity contribution >= 4 is 17.5 Å². The van der Waals surface area contributed by atoms with E-state index in [2.05, 4.69) is 17.2 Å². The molecular weight excluding hydrogens is 332 g/mol. The summed E-state index contributed by atoms with van der Waals surface area (Å²) in [5.74, 6) is 0.955. The lowest BCUT2D eigenvalue weighted by Crippen LogP contribution is -2.50. The smallest absolute Gasteiger partial charge is 0.288 e. The van der Waals surface area contributed by atoms with E-state index in [0.717, 1.165) is 25.1 Å². The first kappa shape index (κ1) is 16.6. The first-order valence-corrected chi connectivity index (χ1v) is 8.89. The third-order valence-electron chi connectivity index (χ3n) is 5.09. The molecule has 2 aliphatic heterocycles. The Morgan fingerprint density at radius 2 is 2.15 bits per heavy atom. The third kappa shape index (κ3) is 2.83. The number of anilines is 1. The molecule has 1 N–H and O–H groups in total. The molecule has 1 aromatic heterocycles. The van der Waals surface area contributed by atoms with Crippen LogP contribution in [-0.4, -0.2) is 41.1 Å². The van der Waals surface area contributed by atoms with E-state index in [1.165, 1.54) is 4.90 Å². The van der Waals surface area contributed by atoms with Crippen LogP contribution in [0, 0.1) is 5.92 Å². The fourth-order valence-corrected chi connectivity index (χ4v) is 3.57. The molecule has 0 spiro atoms. The summed E-state index contributed by atoms with van der Waals surface area (Å²) >= 11 is 0. The maximum Gasteiger partial charge on any atom is 0.288 e. The second-order valence-electron chi connectivity index (χ2n) is 7.03. The molecule has 7 heteroatoms. The summed E-state index contributed by atoms with van der Waals surface area (Å²) in [7, 11) is 1.69. The van der Waals surface area contributed by atoms with E-state index in [1.54, 1.807) is 13.2 Å². The summed E-state index contributed by atoms with van der Waals surface area (Å²) in [4.78, 5) is 31.3. The molecule has 2 aromatic rings. The molecule has 2 unspecified atom stereocenters. The first-order chi connectivity index (χ1) is 12.5. The van der Waals surface area contributed by atoms with Crippen LogP contribution in [0.15, 0.2) is 30.5 Å². The number of fused-ring (bicyclic) bond motifs is 2. The summed E-state index contributed by atoms with van der Waals surface area (Å²) in [6.07, 6.45) is 3.78. The molecule has 0 fully saturated rings. The predicted molar refractivity (Wildman–Crippen MR) is 96.3 cm³/mol. The standard InChI is InChI=1S/C19H22N4O3/c1-12-7-8-13-9-20-17(23(13)10-12)18(24)21-14-11-26-16-6-4-3-5-15(16)22(2)19(14)25/h3-6,9,12,14H,7-8,10-11H2,1-2H3,(H,21,24). The summed E-state index contributed by atoms with van der Waals surface area (Å²) in [6.45, 7) is 3.04. The van der Waals surface area contributed by atoms with Crippen molar-refractivity contribution in [3.05, 3.63) is 42.0 Å². The number of aryl methyl sites for hydroxylation is 1. The number of carbonyl (C=O) groups excluding carboxylic acids is 2. The van der Waals surface area contributed by atoms with Crippen molar-refractivity contribution in [2.24, 2.45) is 5.92 Å². The number of rotatable bonds is 2. The van der Waals surface area contributed by atoms with Gasteiger partial charge in [0.05, 0.1) is 5.69 Å². The molecule has 0 saturated carbocycles. The molecule has 2 atom stereocenters. The van der Waals surface area contributed by atoms with Gasteiger partial charge in [-0.15, -0.1) is 0 Å². The zero-order valence-electron chi connectivity index (χ0n) is 14.9. The maximum atomic E-state index is 12.8. The van der Waals surface area contributed by atoms with Gasteiger partial charge < -0.3 is 19.5 Å². The SMILES string of the molecule is CC1CCc2cnc(C(=O)NC3COc4ccccc4N(C)C3=O)n2C1. The lowest BCUT2D eigenvalue weighted by molar-refractivity contribution is -0.120. The van der Waals surface area contributed by atoms with Crippen molar-refractivity contribution in [1.29, 1.82) is 0 Å². The van der Waals surface area contributed by atoms with Crippen LogP contribution in [0.1, 0.15) is 29.7 Å². The monoisotopic (exact) mass is 354 g/mol. The first-order valence-electron chi connectivity index (χ1n) is 8.89. The minimum absolute atomic E-state index is 0.0931. The van der Waals surface area contributed by atoms with Crippen molar-refractivity contribution < 1.29 is 14.3 Å². The van der Waals surface area contributed by atoms with E-state index < -0.39 is 6.04 Å². The fraction of sp³-hybridized carbons (Fsp3) is 0.421. The van der Waals surface area contributed by atoms with E-state index in [-0.39, 0.29) is 18.4 Å². The van der Waals surface area contributed by atoms with E-state index in [9.17, 15) is 9.59 Å². The zero-order chi connectivity index (χ0) is 18.3. The Labute approximate surface area is 152 Å². The zero-order valence-corrected chi connectivity index (χ0v) is 14.9. The van der Waals surface area contributed by atoms with Gasteiger partial charge in [-0.2, -0.15) is 0 Å². The molecule has 26 heavy (non-hydrogen) atoms. The van der Waals surface area contributed by atoms with Crippen molar-refractivity contribution in [3.8, 4) is 5.75 Å². The average molecular weight is 354 g/mol. The van der Waals surface area contributed by atoms with Gasteiger partial charge in [0.2, 0.25) is 0 Å². The molecule has 0 aliphatic carbocycles. The predicted octanol–water partition coefficient (Wildman–Crippen LogP) is 1.62. The van der Waals surface area contributed by atoms with Crippen molar-refractivity contribution in [2.45, 2.75) is 32.4 Å². The molecule has 4 rings (SSSR count). The number of carbonyl (C=O) groups is 2. The van der Waals surface area contributed by atoms with E-state index in [0.29, 0.717) is 23.2 Å². The molecule has 0 radical (unpaired) electrons. The highest BCUT2D eigenvalue weighted by Gasteiger charge is 2.32. The van der Waals surface area contributed by atoms with Gasteiger partial charge in [0.1, 0.15) is 18.4 Å². The second-order valence-corrected chi connectivity index (χ2v) is 7.03. The van der Waals surface area contributed by atoms with Crippen LogP contribution in [-0.2, 0) is 17.8 Å². The molecule has 2 amide bonds. The van der Waals surface area contributed by atoms with Gasteiger partial charge in [0.25, 0.3) is 11.8 Å². The minimum atomic E-state index is -0.756. The molecule has 2 aliphatic rings. The highest BCUT2D eigenvalue weighted by Crippen LogP contribution is 2.30. The van der Waals surface area contributed by atoms with Crippen molar-refractivity contribution in [3.63, 3.8) is 0 Å². The number of ether oxygens (including phenoxy) is 1. The van der Waals surface area contributed by atoms with Gasteiger partial charge in [-0.05, 0) is 30.9 Å². The molecule has 0 bridgehead atoms. The fourth-order valence-electron chi connectivity index (χ4n) is 3.57. The molecule has 1 aromatic carbocycles. The molecule has 7 nitrogen and oxygen atoms in total. The third-order valence-corrected chi connectivity index (χ3v) is 5.09. The molecule has 3 heterocycles. The maximum absolute atomic E-state index is 12.8. The molecule has 0 saturated heterocycles. The number of likely N-dealkylation sites (N-methyl/N-ethyl adjacent to an activating group) is 1. The Morgan fingerprint density at radius 1 is 1.35 bits per heavy atom. The number of hydrogen-bond donors (Lipinski definition) is 1. The second kappa shape index (κ2) is 6.48. The summed E-state index contributed by atoms with van der Waals surface area (Å²) in [5, 5.41) is 2.80. The number of imidazole rings is 1. The van der Waals surface area contributed by atoms with Crippen LogP contribution in [0.2, 0.25) is 0 Å². The molecular formula is C19H22N4O3. The number of hydrogen-bond acceptors (Lipinski definition) is 4.